The highest BCUT2D eigenvalue weighted by Crippen LogP contribution is 2.24. The highest BCUT2D eigenvalue weighted by Gasteiger charge is 2.23. The minimum atomic E-state index is 0.575. The molecule has 0 aliphatic carbocycles. The fourth-order valence-corrected chi connectivity index (χ4v) is 4.09. The molecule has 0 aromatic carbocycles. The van der Waals surface area contributed by atoms with Crippen molar-refractivity contribution in [1.29, 1.82) is 5.26 Å². The lowest BCUT2D eigenvalue weighted by Crippen LogP contribution is -2.37. The van der Waals surface area contributed by atoms with E-state index in [-0.39, 0.29) is 0 Å². The summed E-state index contributed by atoms with van der Waals surface area (Å²) in [7, 11) is 0. The molecule has 0 amide bonds. The maximum Gasteiger partial charge on any atom is 0.147 e. The summed E-state index contributed by atoms with van der Waals surface area (Å²) in [4.78, 5) is 6.88. The number of rotatable bonds is 4. The van der Waals surface area contributed by atoms with E-state index in [0.717, 1.165) is 54.5 Å². The summed E-state index contributed by atoms with van der Waals surface area (Å²) < 4.78 is 4.09. The van der Waals surface area contributed by atoms with E-state index in [1.807, 2.05) is 42.9 Å². The summed E-state index contributed by atoms with van der Waals surface area (Å²) in [5, 5.41) is 14.1. The van der Waals surface area contributed by atoms with Crippen LogP contribution in [0.4, 0.5) is 0 Å². The summed E-state index contributed by atoms with van der Waals surface area (Å²) in [6, 6.07) is 8.39. The van der Waals surface area contributed by atoms with Crippen LogP contribution in [0, 0.1) is 31.1 Å². The molecule has 0 radical (unpaired) electrons. The second kappa shape index (κ2) is 6.93. The molecule has 1 aliphatic heterocycles. The van der Waals surface area contributed by atoms with Gasteiger partial charge in [0, 0.05) is 37.6 Å². The van der Waals surface area contributed by atoms with Gasteiger partial charge in [-0.2, -0.15) is 10.4 Å². The molecule has 26 heavy (non-hydrogen) atoms. The first kappa shape index (κ1) is 16.8. The second-order valence-electron chi connectivity index (χ2n) is 7.27. The van der Waals surface area contributed by atoms with Gasteiger partial charge in [0.15, 0.2) is 0 Å². The lowest BCUT2D eigenvalue weighted by Gasteiger charge is -2.32. The fraction of sp³-hybridized carbons (Fsp3) is 0.450. The fourth-order valence-electron chi connectivity index (χ4n) is 4.09. The first-order chi connectivity index (χ1) is 12.6. The van der Waals surface area contributed by atoms with Crippen molar-refractivity contribution in [2.45, 2.75) is 39.8 Å². The summed E-state index contributed by atoms with van der Waals surface area (Å²) in [6.45, 7) is 7.84. The van der Waals surface area contributed by atoms with Crippen LogP contribution >= 0.6 is 0 Å². The van der Waals surface area contributed by atoms with Gasteiger partial charge in [-0.05, 0) is 51.3 Å². The molecule has 1 atom stereocenters. The highest BCUT2D eigenvalue weighted by molar-refractivity contribution is 5.65. The van der Waals surface area contributed by atoms with Crippen molar-refractivity contribution in [2.24, 2.45) is 5.92 Å². The van der Waals surface area contributed by atoms with Crippen molar-refractivity contribution >= 4 is 5.52 Å². The van der Waals surface area contributed by atoms with Crippen LogP contribution in [-0.4, -0.2) is 37.2 Å². The predicted molar refractivity (Wildman–Crippen MR) is 99.6 cm³/mol. The molecule has 134 valence electrons. The Balaban J connectivity index is 1.49. The number of piperidine rings is 1. The van der Waals surface area contributed by atoms with Gasteiger partial charge in [0.2, 0.25) is 0 Å². The molecule has 1 saturated heterocycles. The average Bonchev–Trinajstić information content (AvgIpc) is 3.13. The summed E-state index contributed by atoms with van der Waals surface area (Å²) >= 11 is 0. The van der Waals surface area contributed by atoms with Crippen molar-refractivity contribution in [2.75, 3.05) is 13.1 Å². The minimum Gasteiger partial charge on any atom is -0.322 e. The largest absolute Gasteiger partial charge is 0.322 e. The maximum absolute atomic E-state index is 9.61. The van der Waals surface area contributed by atoms with Crippen LogP contribution < -0.4 is 0 Å². The predicted octanol–water partition coefficient (Wildman–Crippen LogP) is 2.93. The van der Waals surface area contributed by atoms with E-state index in [2.05, 4.69) is 31.6 Å². The number of aromatic nitrogens is 4. The van der Waals surface area contributed by atoms with E-state index >= 15 is 0 Å². The smallest absolute Gasteiger partial charge is 0.147 e. The molecule has 6 heteroatoms. The number of likely N-dealkylation sites (tertiary alicyclic amines) is 1. The molecule has 6 nitrogen and oxygen atoms in total. The summed E-state index contributed by atoms with van der Waals surface area (Å²) in [6.07, 6.45) is 6.52. The van der Waals surface area contributed by atoms with Crippen LogP contribution in [0.25, 0.3) is 5.52 Å². The van der Waals surface area contributed by atoms with Crippen molar-refractivity contribution in [1.82, 2.24) is 24.1 Å². The van der Waals surface area contributed by atoms with Gasteiger partial charge >= 0.3 is 0 Å². The van der Waals surface area contributed by atoms with E-state index in [9.17, 15) is 5.26 Å². The number of fused-ring (bicyclic) bond motifs is 1. The first-order valence-electron chi connectivity index (χ1n) is 9.23. The van der Waals surface area contributed by atoms with Crippen molar-refractivity contribution in [3.8, 4) is 6.07 Å². The minimum absolute atomic E-state index is 0.575. The molecule has 4 rings (SSSR count). The third kappa shape index (κ3) is 3.23. The number of hydrogen-bond acceptors (Lipinski definition) is 4. The van der Waals surface area contributed by atoms with Gasteiger partial charge in [0.05, 0.1) is 11.1 Å². The van der Waals surface area contributed by atoms with E-state index in [0.29, 0.717) is 5.92 Å². The molecule has 4 heterocycles. The molecular weight excluding hydrogens is 324 g/mol. The molecule has 3 aromatic heterocycles. The zero-order chi connectivity index (χ0) is 18.1. The van der Waals surface area contributed by atoms with Crippen LogP contribution in [0.5, 0.6) is 0 Å². The zero-order valence-corrected chi connectivity index (χ0v) is 15.4. The molecule has 0 spiro atoms. The van der Waals surface area contributed by atoms with Gasteiger partial charge in [0.25, 0.3) is 0 Å². The molecule has 0 unspecified atom stereocenters. The van der Waals surface area contributed by atoms with Crippen LogP contribution in [0.3, 0.4) is 0 Å². The van der Waals surface area contributed by atoms with Crippen LogP contribution in [0.1, 0.15) is 35.6 Å². The third-order valence-electron chi connectivity index (χ3n) is 5.26. The molecular formula is C20H24N6. The molecule has 0 bridgehead atoms. The van der Waals surface area contributed by atoms with Crippen LogP contribution in [0.2, 0.25) is 0 Å². The SMILES string of the molecule is Cc1nc(C)n(C[C@H]2CCCN(Cc3cn4ccccc4c3C#N)C2)n1. The van der Waals surface area contributed by atoms with E-state index in [4.69, 9.17) is 0 Å². The Bertz CT molecular complexity index is 960. The van der Waals surface area contributed by atoms with Crippen molar-refractivity contribution < 1.29 is 0 Å². The van der Waals surface area contributed by atoms with Crippen molar-refractivity contribution in [3.63, 3.8) is 0 Å². The Morgan fingerprint density at radius 2 is 2.19 bits per heavy atom. The number of nitrogens with zero attached hydrogens (tertiary/aromatic N) is 6. The highest BCUT2D eigenvalue weighted by atomic mass is 15.3. The normalized spacial score (nSPS) is 18.3. The Kier molecular flexibility index (Phi) is 4.48. The number of hydrogen-bond donors (Lipinski definition) is 0. The van der Waals surface area contributed by atoms with Crippen LogP contribution in [-0.2, 0) is 13.1 Å². The van der Waals surface area contributed by atoms with Gasteiger partial charge in [0.1, 0.15) is 17.7 Å². The number of pyridine rings is 1. The van der Waals surface area contributed by atoms with Gasteiger partial charge in [-0.3, -0.25) is 4.90 Å². The molecule has 1 fully saturated rings. The van der Waals surface area contributed by atoms with E-state index in [1.54, 1.807) is 0 Å². The average molecular weight is 348 g/mol. The molecule has 1 aliphatic rings. The number of aryl methyl sites for hydroxylation is 2. The first-order valence-corrected chi connectivity index (χ1v) is 9.23. The lowest BCUT2D eigenvalue weighted by molar-refractivity contribution is 0.152. The zero-order valence-electron chi connectivity index (χ0n) is 15.4. The molecule has 3 aromatic rings. The van der Waals surface area contributed by atoms with Gasteiger partial charge in [-0.25, -0.2) is 9.67 Å². The second-order valence-corrected chi connectivity index (χ2v) is 7.27. The summed E-state index contributed by atoms with van der Waals surface area (Å²) in [5.41, 5.74) is 2.91. The Morgan fingerprint density at radius 3 is 2.96 bits per heavy atom. The van der Waals surface area contributed by atoms with Gasteiger partial charge < -0.3 is 4.40 Å². The number of nitriles is 1. The van der Waals surface area contributed by atoms with E-state index in [1.165, 1.54) is 12.8 Å². The Labute approximate surface area is 153 Å². The third-order valence-corrected chi connectivity index (χ3v) is 5.26. The van der Waals surface area contributed by atoms with Crippen LogP contribution in [0.15, 0.2) is 30.6 Å². The quantitative estimate of drug-likeness (QED) is 0.727. The monoisotopic (exact) mass is 348 g/mol. The van der Waals surface area contributed by atoms with Crippen molar-refractivity contribution in [3.05, 3.63) is 53.4 Å². The Hall–Kier alpha value is -2.65. The van der Waals surface area contributed by atoms with Gasteiger partial charge in [-0.15, -0.1) is 0 Å². The molecule has 0 saturated carbocycles. The standard InChI is InChI=1S/C20H24N6/c1-15-22-16(2)26(23-15)12-17-6-5-8-24(11-17)13-18-14-25-9-4-3-7-20(25)19(18)10-21/h3-4,7,9,14,17H,5-6,8,11-13H2,1-2H3/t17-/m0/s1. The Morgan fingerprint density at radius 1 is 1.31 bits per heavy atom. The topological polar surface area (TPSA) is 62.2 Å². The summed E-state index contributed by atoms with van der Waals surface area (Å²) in [5.74, 6) is 2.41. The van der Waals surface area contributed by atoms with Gasteiger partial charge in [-0.1, -0.05) is 6.07 Å². The lowest BCUT2D eigenvalue weighted by atomic mass is 9.97. The molecule has 0 N–H and O–H groups in total. The van der Waals surface area contributed by atoms with E-state index < -0.39 is 0 Å². The maximum atomic E-state index is 9.61.